The molecule has 2 aromatic heterocycles. The maximum Gasteiger partial charge on any atom is 0.0702 e. The summed E-state index contributed by atoms with van der Waals surface area (Å²) in [4.78, 5) is 2.79. The molecule has 0 aromatic carbocycles. The average Bonchev–Trinajstić information content (AvgIpc) is 2.98. The molecule has 0 aliphatic rings. The van der Waals surface area contributed by atoms with Gasteiger partial charge in [0.15, 0.2) is 0 Å². The van der Waals surface area contributed by atoms with Gasteiger partial charge in [-0.2, -0.15) is 5.10 Å². The third kappa shape index (κ3) is 3.25. The Morgan fingerprint density at radius 3 is 2.68 bits per heavy atom. The van der Waals surface area contributed by atoms with Crippen LogP contribution in [0.3, 0.4) is 0 Å². The molecule has 0 aliphatic heterocycles. The number of nitrogens with zero attached hydrogens (tertiary/aromatic N) is 2. The highest BCUT2D eigenvalue weighted by molar-refractivity contribution is 7.12. The van der Waals surface area contributed by atoms with Crippen molar-refractivity contribution in [3.05, 3.63) is 39.3 Å². The molecule has 0 amide bonds. The van der Waals surface area contributed by atoms with Gasteiger partial charge < -0.3 is 5.32 Å². The van der Waals surface area contributed by atoms with Gasteiger partial charge in [-0.3, -0.25) is 4.68 Å². The van der Waals surface area contributed by atoms with Crippen LogP contribution in [0, 0.1) is 13.8 Å². The van der Waals surface area contributed by atoms with Gasteiger partial charge in [0.25, 0.3) is 0 Å². The molecule has 2 aromatic rings. The van der Waals surface area contributed by atoms with Crippen molar-refractivity contribution in [2.75, 3.05) is 6.54 Å². The molecule has 19 heavy (non-hydrogen) atoms. The number of hydrogen-bond donors (Lipinski definition) is 1. The zero-order valence-electron chi connectivity index (χ0n) is 12.2. The molecule has 1 N–H and O–H groups in total. The van der Waals surface area contributed by atoms with E-state index in [0.29, 0.717) is 0 Å². The van der Waals surface area contributed by atoms with Gasteiger partial charge in [0, 0.05) is 28.1 Å². The van der Waals surface area contributed by atoms with Crippen molar-refractivity contribution in [3.63, 3.8) is 0 Å². The second-order valence-electron chi connectivity index (χ2n) is 4.90. The number of aromatic nitrogens is 2. The molecule has 0 aliphatic carbocycles. The molecule has 0 saturated heterocycles. The van der Waals surface area contributed by atoms with Crippen LogP contribution in [0.4, 0.5) is 0 Å². The Morgan fingerprint density at radius 2 is 2.16 bits per heavy atom. The lowest BCUT2D eigenvalue weighted by atomic mass is 10.1. The summed E-state index contributed by atoms with van der Waals surface area (Å²) in [6.07, 6.45) is 5.28. The predicted octanol–water partition coefficient (Wildman–Crippen LogP) is 3.67. The molecule has 104 valence electrons. The van der Waals surface area contributed by atoms with E-state index < -0.39 is 0 Å². The average molecular weight is 277 g/mol. The van der Waals surface area contributed by atoms with Crippen molar-refractivity contribution < 1.29 is 0 Å². The van der Waals surface area contributed by atoms with Gasteiger partial charge in [0.05, 0.1) is 12.2 Å². The van der Waals surface area contributed by atoms with E-state index in [4.69, 9.17) is 0 Å². The molecule has 2 rings (SSSR count). The third-order valence-corrected chi connectivity index (χ3v) is 4.60. The summed E-state index contributed by atoms with van der Waals surface area (Å²) in [5, 5.41) is 8.04. The molecule has 2 heterocycles. The molecule has 0 bridgehead atoms. The molecule has 0 spiro atoms. The van der Waals surface area contributed by atoms with E-state index >= 15 is 0 Å². The summed E-state index contributed by atoms with van der Waals surface area (Å²) in [7, 11) is 0. The summed E-state index contributed by atoms with van der Waals surface area (Å²) in [5.41, 5.74) is 2.64. The third-order valence-electron chi connectivity index (χ3n) is 3.38. The molecule has 1 atom stereocenters. The van der Waals surface area contributed by atoms with E-state index in [9.17, 15) is 0 Å². The van der Waals surface area contributed by atoms with Crippen molar-refractivity contribution in [2.45, 2.75) is 46.7 Å². The largest absolute Gasteiger partial charge is 0.306 e. The van der Waals surface area contributed by atoms with Gasteiger partial charge in [-0.05, 0) is 45.4 Å². The number of aryl methyl sites for hydroxylation is 3. The zero-order chi connectivity index (χ0) is 13.8. The Morgan fingerprint density at radius 1 is 1.37 bits per heavy atom. The number of rotatable bonds is 6. The van der Waals surface area contributed by atoms with Crippen LogP contribution in [0.2, 0.25) is 0 Å². The van der Waals surface area contributed by atoms with E-state index in [1.807, 2.05) is 22.2 Å². The minimum absolute atomic E-state index is 0.276. The van der Waals surface area contributed by atoms with Crippen molar-refractivity contribution in [3.8, 4) is 0 Å². The lowest BCUT2D eigenvalue weighted by Gasteiger charge is -2.15. The second kappa shape index (κ2) is 6.35. The van der Waals surface area contributed by atoms with Crippen LogP contribution in [0.1, 0.15) is 47.2 Å². The monoisotopic (exact) mass is 277 g/mol. The second-order valence-corrected chi connectivity index (χ2v) is 6.19. The molecular weight excluding hydrogens is 254 g/mol. The van der Waals surface area contributed by atoms with Crippen LogP contribution in [0.25, 0.3) is 0 Å². The minimum Gasteiger partial charge on any atom is -0.306 e. The van der Waals surface area contributed by atoms with Gasteiger partial charge >= 0.3 is 0 Å². The number of nitrogens with one attached hydrogen (secondary N) is 1. The van der Waals surface area contributed by atoms with Crippen LogP contribution in [0.15, 0.2) is 18.5 Å². The normalized spacial score (nSPS) is 12.8. The molecule has 0 radical (unpaired) electrons. The molecule has 3 nitrogen and oxygen atoms in total. The van der Waals surface area contributed by atoms with E-state index in [1.54, 1.807) is 0 Å². The quantitative estimate of drug-likeness (QED) is 0.873. The maximum absolute atomic E-state index is 4.40. The maximum atomic E-state index is 4.40. The first kappa shape index (κ1) is 14.3. The van der Waals surface area contributed by atoms with Crippen molar-refractivity contribution >= 4 is 11.3 Å². The first-order valence-electron chi connectivity index (χ1n) is 6.98. The van der Waals surface area contributed by atoms with Crippen molar-refractivity contribution in [1.82, 2.24) is 15.1 Å². The summed E-state index contributed by atoms with van der Waals surface area (Å²) in [5.74, 6) is 0. The Kier molecular flexibility index (Phi) is 4.77. The lowest BCUT2D eigenvalue weighted by molar-refractivity contribution is 0.603. The Labute approximate surface area is 119 Å². The highest BCUT2D eigenvalue weighted by Crippen LogP contribution is 2.30. The van der Waals surface area contributed by atoms with E-state index in [2.05, 4.69) is 50.4 Å². The Hall–Kier alpha value is -1.13. The first-order valence-corrected chi connectivity index (χ1v) is 7.80. The highest BCUT2D eigenvalue weighted by Gasteiger charge is 2.17. The summed E-state index contributed by atoms with van der Waals surface area (Å²) in [6, 6.07) is 2.58. The zero-order valence-corrected chi connectivity index (χ0v) is 13.0. The summed E-state index contributed by atoms with van der Waals surface area (Å²) in [6.45, 7) is 10.6. The fourth-order valence-corrected chi connectivity index (χ4v) is 3.26. The van der Waals surface area contributed by atoms with Gasteiger partial charge in [-0.15, -0.1) is 11.3 Å². The molecule has 0 saturated carbocycles. The van der Waals surface area contributed by atoms with Crippen LogP contribution in [0.5, 0.6) is 0 Å². The molecular formula is C15H23N3S. The highest BCUT2D eigenvalue weighted by atomic mass is 32.1. The Balaban J connectivity index is 2.29. The predicted molar refractivity (Wildman–Crippen MR) is 81.8 cm³/mol. The van der Waals surface area contributed by atoms with Crippen LogP contribution in [-0.2, 0) is 6.54 Å². The molecule has 1 unspecified atom stereocenters. The smallest absolute Gasteiger partial charge is 0.0702 e. The molecule has 4 heteroatoms. The fourth-order valence-electron chi connectivity index (χ4n) is 2.12. The van der Waals surface area contributed by atoms with Crippen molar-refractivity contribution in [2.24, 2.45) is 0 Å². The van der Waals surface area contributed by atoms with E-state index in [-0.39, 0.29) is 6.04 Å². The fraction of sp³-hybridized carbons (Fsp3) is 0.533. The van der Waals surface area contributed by atoms with Gasteiger partial charge in [-0.1, -0.05) is 6.92 Å². The van der Waals surface area contributed by atoms with Gasteiger partial charge in [-0.25, -0.2) is 0 Å². The summed E-state index contributed by atoms with van der Waals surface area (Å²) >= 11 is 1.89. The van der Waals surface area contributed by atoms with Gasteiger partial charge in [0.2, 0.25) is 0 Å². The van der Waals surface area contributed by atoms with Crippen molar-refractivity contribution in [1.29, 1.82) is 0 Å². The van der Waals surface area contributed by atoms with Crippen LogP contribution < -0.4 is 5.32 Å². The van der Waals surface area contributed by atoms with E-state index in [0.717, 1.165) is 19.5 Å². The standard InChI is InChI=1S/C15H23N3S/c1-5-7-16-15(13-9-17-18(6-2)10-13)14-8-11(3)12(4)19-14/h8-10,15-16H,5-7H2,1-4H3. The first-order chi connectivity index (χ1) is 9.15. The topological polar surface area (TPSA) is 29.9 Å². The van der Waals surface area contributed by atoms with Crippen LogP contribution in [-0.4, -0.2) is 16.3 Å². The molecule has 0 fully saturated rings. The SMILES string of the molecule is CCCNC(c1cnn(CC)c1)c1cc(C)c(C)s1. The number of hydrogen-bond acceptors (Lipinski definition) is 3. The van der Waals surface area contributed by atoms with Crippen LogP contribution >= 0.6 is 11.3 Å². The lowest BCUT2D eigenvalue weighted by Crippen LogP contribution is -2.22. The van der Waals surface area contributed by atoms with E-state index in [1.165, 1.54) is 20.9 Å². The summed E-state index contributed by atoms with van der Waals surface area (Å²) < 4.78 is 1.99. The van der Waals surface area contributed by atoms with Gasteiger partial charge in [0.1, 0.15) is 0 Å². The minimum atomic E-state index is 0.276. The number of thiophene rings is 1. The Bertz CT molecular complexity index is 508.